The Morgan fingerprint density at radius 1 is 1.14 bits per heavy atom. The number of aryl methyl sites for hydroxylation is 1. The van der Waals surface area contributed by atoms with Crippen molar-refractivity contribution in [3.05, 3.63) is 76.6 Å². The molecule has 0 aliphatic carbocycles. The van der Waals surface area contributed by atoms with Gasteiger partial charge in [-0.15, -0.1) is 5.10 Å². The first-order chi connectivity index (χ1) is 14.0. The van der Waals surface area contributed by atoms with E-state index in [9.17, 15) is 14.9 Å². The van der Waals surface area contributed by atoms with Crippen molar-refractivity contribution in [1.82, 2.24) is 30.0 Å². The van der Waals surface area contributed by atoms with Crippen LogP contribution >= 0.6 is 0 Å². The zero-order chi connectivity index (χ0) is 20.4. The number of hydrogen-bond acceptors (Lipinski definition) is 7. The van der Waals surface area contributed by atoms with Crippen molar-refractivity contribution >= 4 is 17.3 Å². The lowest BCUT2D eigenvalue weighted by molar-refractivity contribution is -0.384. The molecule has 4 aromatic rings. The molecule has 0 saturated carbocycles. The molecule has 144 valence electrons. The van der Waals surface area contributed by atoms with Crippen LogP contribution in [0.5, 0.6) is 0 Å². The second kappa shape index (κ2) is 7.31. The van der Waals surface area contributed by atoms with Gasteiger partial charge in [-0.2, -0.15) is 5.10 Å². The van der Waals surface area contributed by atoms with Crippen LogP contribution in [0.2, 0.25) is 0 Å². The highest BCUT2D eigenvalue weighted by Crippen LogP contribution is 2.20. The summed E-state index contributed by atoms with van der Waals surface area (Å²) in [6, 6.07) is 14.6. The minimum Gasteiger partial charge on any atom is -0.321 e. The molecule has 11 heteroatoms. The highest BCUT2D eigenvalue weighted by Gasteiger charge is 2.13. The Morgan fingerprint density at radius 2 is 1.97 bits per heavy atom. The van der Waals surface area contributed by atoms with Gasteiger partial charge in [0.2, 0.25) is 0 Å². The van der Waals surface area contributed by atoms with Crippen molar-refractivity contribution < 1.29 is 9.72 Å². The number of nitro benzene ring substituents is 1. The van der Waals surface area contributed by atoms with E-state index in [1.807, 2.05) is 6.07 Å². The van der Waals surface area contributed by atoms with Crippen LogP contribution in [0.15, 0.2) is 60.8 Å². The molecule has 4 rings (SSSR count). The second-order valence-corrected chi connectivity index (χ2v) is 6.08. The zero-order valence-corrected chi connectivity index (χ0v) is 15.1. The van der Waals surface area contributed by atoms with E-state index in [4.69, 9.17) is 0 Å². The molecule has 2 aromatic carbocycles. The summed E-state index contributed by atoms with van der Waals surface area (Å²) < 4.78 is 2.94. The van der Waals surface area contributed by atoms with E-state index in [0.717, 1.165) is 5.56 Å². The summed E-state index contributed by atoms with van der Waals surface area (Å²) in [5, 5.41) is 29.3. The standard InChI is InChI=1S/C18H14N8O3/c1-24-17(20-22-23-24)12-4-2-5-13(10-12)19-18(27)16-8-9-25(21-16)14-6-3-7-15(11-14)26(28)29/h2-11H,1H3,(H,19,27). The number of carbonyl (C=O) groups excluding carboxylic acids is 1. The van der Waals surface area contributed by atoms with Gasteiger partial charge in [-0.05, 0) is 34.7 Å². The third-order valence-electron chi connectivity index (χ3n) is 4.13. The van der Waals surface area contributed by atoms with E-state index in [0.29, 0.717) is 17.2 Å². The van der Waals surface area contributed by atoms with Crippen molar-refractivity contribution in [2.75, 3.05) is 5.32 Å². The predicted molar refractivity (Wildman–Crippen MR) is 102 cm³/mol. The van der Waals surface area contributed by atoms with Crippen molar-refractivity contribution in [3.63, 3.8) is 0 Å². The molecule has 0 aliphatic heterocycles. The fourth-order valence-electron chi connectivity index (χ4n) is 2.74. The van der Waals surface area contributed by atoms with Gasteiger partial charge in [0.1, 0.15) is 0 Å². The quantitative estimate of drug-likeness (QED) is 0.408. The van der Waals surface area contributed by atoms with Crippen LogP contribution < -0.4 is 5.32 Å². The van der Waals surface area contributed by atoms with E-state index in [1.165, 1.54) is 27.6 Å². The van der Waals surface area contributed by atoms with Crippen LogP contribution in [0.3, 0.4) is 0 Å². The molecular weight excluding hydrogens is 376 g/mol. The average Bonchev–Trinajstić information content (AvgIpc) is 3.37. The van der Waals surface area contributed by atoms with Crippen molar-refractivity contribution in [2.24, 2.45) is 7.05 Å². The van der Waals surface area contributed by atoms with Crippen LogP contribution in [0.4, 0.5) is 11.4 Å². The van der Waals surface area contributed by atoms with Gasteiger partial charge in [0.15, 0.2) is 11.5 Å². The molecule has 0 saturated heterocycles. The van der Waals surface area contributed by atoms with Crippen molar-refractivity contribution in [2.45, 2.75) is 0 Å². The minimum atomic E-state index is -0.486. The van der Waals surface area contributed by atoms with Crippen LogP contribution in [-0.2, 0) is 7.05 Å². The number of nitrogens with zero attached hydrogens (tertiary/aromatic N) is 7. The number of anilines is 1. The molecule has 0 aliphatic rings. The Bertz CT molecular complexity index is 1210. The fourth-order valence-corrected chi connectivity index (χ4v) is 2.74. The Kier molecular flexibility index (Phi) is 4.53. The van der Waals surface area contributed by atoms with E-state index in [2.05, 4.69) is 25.9 Å². The number of non-ortho nitro benzene ring substituents is 1. The molecule has 0 bridgehead atoms. The molecule has 29 heavy (non-hydrogen) atoms. The molecule has 0 radical (unpaired) electrons. The maximum atomic E-state index is 12.6. The number of amides is 1. The molecule has 2 heterocycles. The van der Waals surface area contributed by atoms with Crippen LogP contribution in [0, 0.1) is 10.1 Å². The summed E-state index contributed by atoms with van der Waals surface area (Å²) in [6.45, 7) is 0. The summed E-state index contributed by atoms with van der Waals surface area (Å²) in [6.07, 6.45) is 1.57. The lowest BCUT2D eigenvalue weighted by Gasteiger charge is -2.06. The smallest absolute Gasteiger partial charge is 0.276 e. The van der Waals surface area contributed by atoms with Gasteiger partial charge >= 0.3 is 0 Å². The molecule has 0 atom stereocenters. The SMILES string of the molecule is Cn1nnnc1-c1cccc(NC(=O)c2ccn(-c3cccc([N+](=O)[O-])c3)n2)c1. The molecule has 0 unspecified atom stereocenters. The molecule has 0 fully saturated rings. The van der Waals surface area contributed by atoms with Gasteiger partial charge in [0.25, 0.3) is 11.6 Å². The lowest BCUT2D eigenvalue weighted by Crippen LogP contribution is -2.13. The minimum absolute atomic E-state index is 0.0564. The maximum Gasteiger partial charge on any atom is 0.276 e. The third-order valence-corrected chi connectivity index (χ3v) is 4.13. The predicted octanol–water partition coefficient (Wildman–Crippen LogP) is 2.22. The summed E-state index contributed by atoms with van der Waals surface area (Å²) in [5.74, 6) is 0.151. The summed E-state index contributed by atoms with van der Waals surface area (Å²) in [4.78, 5) is 23.0. The van der Waals surface area contributed by atoms with Gasteiger partial charge in [-0.25, -0.2) is 9.36 Å². The highest BCUT2D eigenvalue weighted by atomic mass is 16.6. The topological polar surface area (TPSA) is 134 Å². The number of nitrogens with one attached hydrogen (secondary N) is 1. The fraction of sp³-hybridized carbons (Fsp3) is 0.0556. The number of hydrogen-bond donors (Lipinski definition) is 1. The van der Waals surface area contributed by atoms with E-state index >= 15 is 0 Å². The second-order valence-electron chi connectivity index (χ2n) is 6.08. The number of tetrazole rings is 1. The molecule has 2 aromatic heterocycles. The third kappa shape index (κ3) is 3.69. The van der Waals surface area contributed by atoms with Crippen LogP contribution in [0.1, 0.15) is 10.5 Å². The summed E-state index contributed by atoms with van der Waals surface area (Å²) in [5.41, 5.74) is 1.90. The maximum absolute atomic E-state index is 12.6. The van der Waals surface area contributed by atoms with E-state index < -0.39 is 10.8 Å². The van der Waals surface area contributed by atoms with Gasteiger partial charge in [0.05, 0.1) is 10.6 Å². The number of benzene rings is 2. The van der Waals surface area contributed by atoms with Gasteiger partial charge < -0.3 is 5.32 Å². The number of nitro groups is 1. The van der Waals surface area contributed by atoms with Crippen LogP contribution in [0.25, 0.3) is 17.1 Å². The number of carbonyl (C=O) groups is 1. The Balaban J connectivity index is 1.54. The monoisotopic (exact) mass is 390 g/mol. The summed E-state index contributed by atoms with van der Waals surface area (Å²) in [7, 11) is 1.72. The van der Waals surface area contributed by atoms with E-state index in [-0.39, 0.29) is 11.4 Å². The van der Waals surface area contributed by atoms with Crippen molar-refractivity contribution in [1.29, 1.82) is 0 Å². The summed E-state index contributed by atoms with van der Waals surface area (Å²) >= 11 is 0. The normalized spacial score (nSPS) is 10.7. The first-order valence-electron chi connectivity index (χ1n) is 8.46. The first-order valence-corrected chi connectivity index (χ1v) is 8.46. The van der Waals surface area contributed by atoms with Crippen LogP contribution in [-0.4, -0.2) is 40.8 Å². The average molecular weight is 390 g/mol. The highest BCUT2D eigenvalue weighted by molar-refractivity contribution is 6.03. The number of aromatic nitrogens is 6. The Labute approximate surface area is 163 Å². The number of rotatable bonds is 5. The Hall–Kier alpha value is -4.41. The molecule has 1 N–H and O–H groups in total. The molecule has 0 spiro atoms. The zero-order valence-electron chi connectivity index (χ0n) is 15.1. The molecule has 11 nitrogen and oxygen atoms in total. The Morgan fingerprint density at radius 3 is 2.72 bits per heavy atom. The van der Waals surface area contributed by atoms with E-state index in [1.54, 1.807) is 43.6 Å². The lowest BCUT2D eigenvalue weighted by atomic mass is 10.2. The van der Waals surface area contributed by atoms with Gasteiger partial charge in [-0.1, -0.05) is 18.2 Å². The van der Waals surface area contributed by atoms with Crippen molar-refractivity contribution in [3.8, 4) is 17.1 Å². The van der Waals surface area contributed by atoms with Gasteiger partial charge in [0, 0.05) is 36.6 Å². The first kappa shape index (κ1) is 18.0. The molecule has 1 amide bonds. The molecular formula is C18H14N8O3. The largest absolute Gasteiger partial charge is 0.321 e. The van der Waals surface area contributed by atoms with Gasteiger partial charge in [-0.3, -0.25) is 14.9 Å².